The molecule has 0 spiro atoms. The van der Waals surface area contributed by atoms with Crippen LogP contribution < -0.4 is 10.3 Å². The van der Waals surface area contributed by atoms with Crippen molar-refractivity contribution in [3.63, 3.8) is 0 Å². The highest BCUT2D eigenvalue weighted by atomic mass is 19.3. The number of ether oxygens (including phenoxy) is 1. The summed E-state index contributed by atoms with van der Waals surface area (Å²) in [6.07, 6.45) is 0.948. The number of nitro benzene ring substituents is 1. The highest BCUT2D eigenvalue weighted by Crippen LogP contribution is 2.33. The van der Waals surface area contributed by atoms with Gasteiger partial charge in [0.25, 0.3) is 5.56 Å². The van der Waals surface area contributed by atoms with E-state index in [4.69, 9.17) is 0 Å². The summed E-state index contributed by atoms with van der Waals surface area (Å²) in [4.78, 5) is 27.1. The topological polar surface area (TPSA) is 98.1 Å². The summed E-state index contributed by atoms with van der Waals surface area (Å²) >= 11 is 0. The highest BCUT2D eigenvalue weighted by molar-refractivity contribution is 5.89. The van der Waals surface area contributed by atoms with Gasteiger partial charge in [-0.25, -0.2) is 4.98 Å². The van der Waals surface area contributed by atoms with Crippen LogP contribution in [0.25, 0.3) is 10.9 Å². The second kappa shape index (κ2) is 4.35. The van der Waals surface area contributed by atoms with Gasteiger partial charge in [0.15, 0.2) is 5.52 Å². The van der Waals surface area contributed by atoms with Gasteiger partial charge in [0, 0.05) is 0 Å². The molecule has 0 amide bonds. The highest BCUT2D eigenvalue weighted by Gasteiger charge is 2.24. The fraction of sp³-hybridized carbons (Fsp3) is 0.111. The van der Waals surface area contributed by atoms with Gasteiger partial charge in [0.05, 0.1) is 16.6 Å². The zero-order chi connectivity index (χ0) is 13.3. The Morgan fingerprint density at radius 1 is 1.44 bits per heavy atom. The molecule has 94 valence electrons. The zero-order valence-corrected chi connectivity index (χ0v) is 8.59. The number of benzene rings is 1. The number of alkyl halides is 2. The van der Waals surface area contributed by atoms with Crippen LogP contribution in [0.5, 0.6) is 5.75 Å². The summed E-state index contributed by atoms with van der Waals surface area (Å²) in [6, 6.07) is 2.06. The molecule has 1 N–H and O–H groups in total. The maximum Gasteiger partial charge on any atom is 0.387 e. The van der Waals surface area contributed by atoms with Crippen molar-refractivity contribution in [2.24, 2.45) is 0 Å². The molecule has 1 aromatic heterocycles. The zero-order valence-electron chi connectivity index (χ0n) is 8.59. The number of aromatic nitrogens is 2. The number of hydrogen-bond acceptors (Lipinski definition) is 5. The standard InChI is InChI=1S/C9H5F2N3O4/c10-9(11)18-5-2-1-4-6(7(5)14(16)17)12-3-13-8(4)15/h1-3,9H,(H,12,13,15). The average molecular weight is 257 g/mol. The summed E-state index contributed by atoms with van der Waals surface area (Å²) in [5, 5.41) is 10.8. The second-order valence-electron chi connectivity index (χ2n) is 3.18. The summed E-state index contributed by atoms with van der Waals surface area (Å²) in [7, 11) is 0. The molecular weight excluding hydrogens is 252 g/mol. The van der Waals surface area contributed by atoms with Crippen LogP contribution >= 0.6 is 0 Å². The van der Waals surface area contributed by atoms with E-state index < -0.39 is 28.5 Å². The van der Waals surface area contributed by atoms with E-state index in [0.717, 1.165) is 18.5 Å². The quantitative estimate of drug-likeness (QED) is 0.662. The first-order valence-corrected chi connectivity index (χ1v) is 4.60. The van der Waals surface area contributed by atoms with Gasteiger partial charge in [-0.05, 0) is 12.1 Å². The van der Waals surface area contributed by atoms with Crippen molar-refractivity contribution in [3.05, 3.63) is 38.9 Å². The predicted octanol–water partition coefficient (Wildman–Crippen LogP) is 1.43. The van der Waals surface area contributed by atoms with E-state index in [1.54, 1.807) is 0 Å². The molecule has 2 aromatic rings. The van der Waals surface area contributed by atoms with Crippen LogP contribution in [0, 0.1) is 10.1 Å². The maximum atomic E-state index is 12.1. The molecule has 0 aliphatic rings. The Morgan fingerprint density at radius 2 is 2.17 bits per heavy atom. The third kappa shape index (κ3) is 1.97. The lowest BCUT2D eigenvalue weighted by atomic mass is 10.2. The fourth-order valence-corrected chi connectivity index (χ4v) is 1.48. The molecule has 0 aliphatic carbocycles. The third-order valence-corrected chi connectivity index (χ3v) is 2.15. The van der Waals surface area contributed by atoms with Crippen LogP contribution in [0.1, 0.15) is 0 Å². The average Bonchev–Trinajstić information content (AvgIpc) is 2.27. The fourth-order valence-electron chi connectivity index (χ4n) is 1.48. The van der Waals surface area contributed by atoms with Gasteiger partial charge in [-0.1, -0.05) is 0 Å². The number of H-pyrrole nitrogens is 1. The van der Waals surface area contributed by atoms with Gasteiger partial charge in [0.2, 0.25) is 5.75 Å². The predicted molar refractivity (Wildman–Crippen MR) is 55.7 cm³/mol. The van der Waals surface area contributed by atoms with Crippen LogP contribution in [0.4, 0.5) is 14.5 Å². The molecule has 0 bridgehead atoms. The van der Waals surface area contributed by atoms with E-state index in [1.165, 1.54) is 0 Å². The number of aromatic amines is 1. The SMILES string of the molecule is O=c1[nH]cnc2c([N+](=O)[O-])c(OC(F)F)ccc12. The van der Waals surface area contributed by atoms with Crippen molar-refractivity contribution in [1.29, 1.82) is 0 Å². The molecule has 0 saturated heterocycles. The van der Waals surface area contributed by atoms with Crippen molar-refractivity contribution >= 4 is 16.6 Å². The Bertz CT molecular complexity index is 670. The molecule has 0 saturated carbocycles. The smallest absolute Gasteiger partial charge is 0.387 e. The number of nitrogens with zero attached hydrogens (tertiary/aromatic N) is 2. The Kier molecular flexibility index (Phi) is 2.88. The number of nitrogens with one attached hydrogen (secondary N) is 1. The van der Waals surface area contributed by atoms with Gasteiger partial charge >= 0.3 is 12.3 Å². The van der Waals surface area contributed by atoms with Crippen molar-refractivity contribution in [3.8, 4) is 5.75 Å². The summed E-state index contributed by atoms with van der Waals surface area (Å²) < 4.78 is 28.2. The Balaban J connectivity index is 2.79. The lowest BCUT2D eigenvalue weighted by Crippen LogP contribution is -2.10. The van der Waals surface area contributed by atoms with E-state index >= 15 is 0 Å². The first-order chi connectivity index (χ1) is 8.50. The summed E-state index contributed by atoms with van der Waals surface area (Å²) in [5.74, 6) is -0.638. The van der Waals surface area contributed by atoms with Gasteiger partial charge in [-0.3, -0.25) is 14.9 Å². The van der Waals surface area contributed by atoms with Crippen LogP contribution in [0.15, 0.2) is 23.3 Å². The van der Waals surface area contributed by atoms with Crippen LogP contribution in [0.2, 0.25) is 0 Å². The van der Waals surface area contributed by atoms with E-state index in [9.17, 15) is 23.7 Å². The molecule has 1 aromatic carbocycles. The number of nitro groups is 1. The molecule has 0 atom stereocenters. The normalized spacial score (nSPS) is 10.8. The molecule has 0 radical (unpaired) electrons. The number of rotatable bonds is 3. The van der Waals surface area contributed by atoms with Crippen molar-refractivity contribution in [2.75, 3.05) is 0 Å². The van der Waals surface area contributed by atoms with Gasteiger partial charge in [0.1, 0.15) is 0 Å². The Hall–Kier alpha value is -2.58. The minimum atomic E-state index is -3.21. The molecule has 2 rings (SSSR count). The van der Waals surface area contributed by atoms with Gasteiger partial charge in [-0.15, -0.1) is 0 Å². The first kappa shape index (κ1) is 11.9. The lowest BCUT2D eigenvalue weighted by Gasteiger charge is -2.06. The molecule has 1 heterocycles. The third-order valence-electron chi connectivity index (χ3n) is 2.15. The van der Waals surface area contributed by atoms with E-state index in [-0.39, 0.29) is 10.9 Å². The molecule has 0 unspecified atom stereocenters. The number of halogens is 2. The van der Waals surface area contributed by atoms with Gasteiger partial charge < -0.3 is 9.72 Å². The van der Waals surface area contributed by atoms with E-state index in [2.05, 4.69) is 14.7 Å². The van der Waals surface area contributed by atoms with Crippen LogP contribution in [-0.2, 0) is 0 Å². The van der Waals surface area contributed by atoms with Crippen molar-refractivity contribution in [2.45, 2.75) is 6.61 Å². The molecule has 0 aliphatic heterocycles. The molecule has 9 heteroatoms. The molecule has 7 nitrogen and oxygen atoms in total. The minimum Gasteiger partial charge on any atom is -0.427 e. The summed E-state index contributed by atoms with van der Waals surface area (Å²) in [6.45, 7) is -3.21. The maximum absolute atomic E-state index is 12.1. The molecule has 0 fully saturated rings. The van der Waals surface area contributed by atoms with E-state index in [1.807, 2.05) is 0 Å². The second-order valence-corrected chi connectivity index (χ2v) is 3.18. The monoisotopic (exact) mass is 257 g/mol. The van der Waals surface area contributed by atoms with Crippen LogP contribution in [-0.4, -0.2) is 21.5 Å². The number of hydrogen-bond donors (Lipinski definition) is 1. The van der Waals surface area contributed by atoms with Crippen molar-refractivity contribution in [1.82, 2.24) is 9.97 Å². The first-order valence-electron chi connectivity index (χ1n) is 4.60. The molecule has 18 heavy (non-hydrogen) atoms. The Morgan fingerprint density at radius 3 is 2.78 bits per heavy atom. The van der Waals surface area contributed by atoms with E-state index in [0.29, 0.717) is 0 Å². The summed E-state index contributed by atoms with van der Waals surface area (Å²) in [5.41, 5.74) is -1.67. The van der Waals surface area contributed by atoms with Crippen LogP contribution in [0.3, 0.4) is 0 Å². The molecular formula is C9H5F2N3O4. The van der Waals surface area contributed by atoms with Gasteiger partial charge in [-0.2, -0.15) is 8.78 Å². The lowest BCUT2D eigenvalue weighted by molar-refractivity contribution is -0.384. The van der Waals surface area contributed by atoms with Crippen molar-refractivity contribution < 1.29 is 18.4 Å². The minimum absolute atomic E-state index is 0.0779. The number of fused-ring (bicyclic) bond motifs is 1. The Labute approximate surface area is 97.2 Å². The largest absolute Gasteiger partial charge is 0.427 e.